The van der Waals surface area contributed by atoms with Gasteiger partial charge in [0, 0.05) is 25.3 Å². The van der Waals surface area contributed by atoms with Gasteiger partial charge in [0.15, 0.2) is 0 Å². The Labute approximate surface area is 116 Å². The van der Waals surface area contributed by atoms with Crippen molar-refractivity contribution < 1.29 is 18.3 Å². The van der Waals surface area contributed by atoms with Crippen LogP contribution in [0.2, 0.25) is 0 Å². The number of nitrogens with one attached hydrogen (secondary N) is 2. The lowest BCUT2D eigenvalue weighted by Crippen LogP contribution is -2.41. The van der Waals surface area contributed by atoms with Gasteiger partial charge in [-0.05, 0) is 31.4 Å². The van der Waals surface area contributed by atoms with E-state index in [0.29, 0.717) is 13.2 Å². The molecule has 0 unspecified atom stereocenters. The molecule has 2 N–H and O–H groups in total. The highest BCUT2D eigenvalue weighted by Crippen LogP contribution is 2.18. The van der Waals surface area contributed by atoms with Crippen molar-refractivity contribution in [1.82, 2.24) is 5.32 Å². The zero-order valence-corrected chi connectivity index (χ0v) is 11.3. The van der Waals surface area contributed by atoms with Crippen LogP contribution in [0.15, 0.2) is 12.1 Å². The number of hydrogen-bond donors (Lipinski definition) is 2. The summed E-state index contributed by atoms with van der Waals surface area (Å²) in [5.41, 5.74) is 0.231. The Morgan fingerprint density at radius 1 is 1.30 bits per heavy atom. The molecule has 1 heterocycles. The van der Waals surface area contributed by atoms with E-state index >= 15 is 0 Å². The molecule has 4 nitrogen and oxygen atoms in total. The maximum Gasteiger partial charge on any atom is 0.239 e. The first-order valence-corrected chi connectivity index (χ1v) is 6.63. The van der Waals surface area contributed by atoms with Gasteiger partial charge in [-0.1, -0.05) is 0 Å². The highest BCUT2D eigenvalue weighted by Gasteiger charge is 2.16. The Kier molecular flexibility index (Phi) is 4.89. The lowest BCUT2D eigenvalue weighted by Gasteiger charge is -2.23. The Morgan fingerprint density at radius 3 is 2.70 bits per heavy atom. The quantitative estimate of drug-likeness (QED) is 0.889. The smallest absolute Gasteiger partial charge is 0.239 e. The lowest BCUT2D eigenvalue weighted by molar-refractivity contribution is -0.120. The van der Waals surface area contributed by atoms with Crippen LogP contribution in [-0.2, 0) is 9.53 Å². The van der Waals surface area contributed by atoms with Gasteiger partial charge < -0.3 is 15.4 Å². The van der Waals surface area contributed by atoms with Crippen molar-refractivity contribution >= 4 is 11.6 Å². The van der Waals surface area contributed by atoms with Crippen molar-refractivity contribution in [1.29, 1.82) is 0 Å². The maximum atomic E-state index is 13.6. The SMILES string of the molecule is Cc1cc(F)c(NCC(=O)NC2CCOCC2)cc1F. The summed E-state index contributed by atoms with van der Waals surface area (Å²) < 4.78 is 32.1. The van der Waals surface area contributed by atoms with Crippen LogP contribution in [0.25, 0.3) is 0 Å². The van der Waals surface area contributed by atoms with Crippen molar-refractivity contribution in [2.24, 2.45) is 0 Å². The molecule has 1 aromatic rings. The fourth-order valence-electron chi connectivity index (χ4n) is 2.08. The number of anilines is 1. The van der Waals surface area contributed by atoms with E-state index in [9.17, 15) is 13.6 Å². The summed E-state index contributed by atoms with van der Waals surface area (Å²) in [6.45, 7) is 2.67. The Hall–Kier alpha value is -1.69. The van der Waals surface area contributed by atoms with Crippen molar-refractivity contribution in [3.05, 3.63) is 29.3 Å². The zero-order chi connectivity index (χ0) is 14.5. The van der Waals surface area contributed by atoms with Gasteiger partial charge in [0.1, 0.15) is 11.6 Å². The van der Waals surface area contributed by atoms with Gasteiger partial charge >= 0.3 is 0 Å². The van der Waals surface area contributed by atoms with Crippen molar-refractivity contribution in [3.63, 3.8) is 0 Å². The molecule has 20 heavy (non-hydrogen) atoms. The molecule has 0 aromatic heterocycles. The molecule has 0 saturated carbocycles. The van der Waals surface area contributed by atoms with E-state index in [1.165, 1.54) is 6.92 Å². The third-order valence-electron chi connectivity index (χ3n) is 3.27. The maximum absolute atomic E-state index is 13.6. The second-order valence-corrected chi connectivity index (χ2v) is 4.89. The third kappa shape index (κ3) is 3.90. The van der Waals surface area contributed by atoms with Crippen LogP contribution in [0, 0.1) is 18.6 Å². The first-order chi connectivity index (χ1) is 9.56. The van der Waals surface area contributed by atoms with Crippen molar-refractivity contribution in [2.45, 2.75) is 25.8 Å². The molecule has 0 bridgehead atoms. The second kappa shape index (κ2) is 6.65. The number of benzene rings is 1. The number of carbonyl (C=O) groups is 1. The van der Waals surface area contributed by atoms with E-state index in [1.54, 1.807) is 0 Å². The van der Waals surface area contributed by atoms with Gasteiger partial charge in [0.25, 0.3) is 0 Å². The van der Waals surface area contributed by atoms with E-state index in [4.69, 9.17) is 4.74 Å². The first kappa shape index (κ1) is 14.7. The molecule has 0 aliphatic carbocycles. The Bertz CT molecular complexity index is 488. The summed E-state index contributed by atoms with van der Waals surface area (Å²) in [7, 11) is 0. The van der Waals surface area contributed by atoms with E-state index in [0.717, 1.165) is 25.0 Å². The molecule has 0 atom stereocenters. The summed E-state index contributed by atoms with van der Waals surface area (Å²) in [6, 6.07) is 2.26. The average molecular weight is 284 g/mol. The molecule has 1 saturated heterocycles. The predicted octanol–water partition coefficient (Wildman–Crippen LogP) is 1.98. The molecule has 1 aliphatic rings. The molecule has 0 radical (unpaired) electrons. The van der Waals surface area contributed by atoms with Crippen LogP contribution in [-0.4, -0.2) is 31.7 Å². The number of amides is 1. The van der Waals surface area contributed by atoms with Crippen molar-refractivity contribution in [3.8, 4) is 0 Å². The number of ether oxygens (including phenoxy) is 1. The summed E-state index contributed by atoms with van der Waals surface area (Å²) in [6.07, 6.45) is 1.55. The Balaban J connectivity index is 1.85. The minimum Gasteiger partial charge on any atom is -0.381 e. The predicted molar refractivity (Wildman–Crippen MR) is 71.6 cm³/mol. The highest BCUT2D eigenvalue weighted by molar-refractivity contribution is 5.81. The van der Waals surface area contributed by atoms with Crippen LogP contribution in [0.3, 0.4) is 0 Å². The molecule has 1 aliphatic heterocycles. The van der Waals surface area contributed by atoms with E-state index in [-0.39, 0.29) is 29.7 Å². The van der Waals surface area contributed by atoms with Crippen LogP contribution in [0.5, 0.6) is 0 Å². The highest BCUT2D eigenvalue weighted by atomic mass is 19.1. The summed E-state index contributed by atoms with van der Waals surface area (Å²) in [5.74, 6) is -1.31. The van der Waals surface area contributed by atoms with Gasteiger partial charge in [-0.25, -0.2) is 8.78 Å². The molecular formula is C14H18F2N2O2. The van der Waals surface area contributed by atoms with Crippen LogP contribution < -0.4 is 10.6 Å². The number of aryl methyl sites for hydroxylation is 1. The molecule has 1 aromatic carbocycles. The zero-order valence-electron chi connectivity index (χ0n) is 11.3. The normalized spacial score (nSPS) is 15.9. The van der Waals surface area contributed by atoms with Gasteiger partial charge in [0.2, 0.25) is 5.91 Å². The number of carbonyl (C=O) groups excluding carboxylic acids is 1. The van der Waals surface area contributed by atoms with Crippen LogP contribution in [0.1, 0.15) is 18.4 Å². The molecule has 0 spiro atoms. The van der Waals surface area contributed by atoms with Gasteiger partial charge in [-0.2, -0.15) is 0 Å². The molecule has 1 fully saturated rings. The van der Waals surface area contributed by atoms with Crippen LogP contribution >= 0.6 is 0 Å². The monoisotopic (exact) mass is 284 g/mol. The van der Waals surface area contributed by atoms with Gasteiger partial charge in [-0.15, -0.1) is 0 Å². The molecular weight excluding hydrogens is 266 g/mol. The topological polar surface area (TPSA) is 50.4 Å². The number of rotatable bonds is 4. The average Bonchev–Trinajstić information content (AvgIpc) is 2.42. The Morgan fingerprint density at radius 2 is 2.00 bits per heavy atom. The van der Waals surface area contributed by atoms with E-state index in [1.807, 2.05) is 0 Å². The molecule has 2 rings (SSSR count). The minimum absolute atomic E-state index is 0.00442. The molecule has 110 valence electrons. The molecule has 1 amide bonds. The fraction of sp³-hybridized carbons (Fsp3) is 0.500. The standard InChI is InChI=1S/C14H18F2N2O2/c1-9-6-12(16)13(7-11(9)15)17-8-14(19)18-10-2-4-20-5-3-10/h6-7,10,17H,2-5,8H2,1H3,(H,18,19). The van der Waals surface area contributed by atoms with Gasteiger partial charge in [-0.3, -0.25) is 4.79 Å². The first-order valence-electron chi connectivity index (χ1n) is 6.63. The minimum atomic E-state index is -0.567. The largest absolute Gasteiger partial charge is 0.381 e. The van der Waals surface area contributed by atoms with E-state index < -0.39 is 11.6 Å². The van der Waals surface area contributed by atoms with Gasteiger partial charge in [0.05, 0.1) is 12.2 Å². The summed E-state index contributed by atoms with van der Waals surface area (Å²) >= 11 is 0. The van der Waals surface area contributed by atoms with E-state index in [2.05, 4.69) is 10.6 Å². The lowest BCUT2D eigenvalue weighted by atomic mass is 10.1. The summed E-state index contributed by atoms with van der Waals surface area (Å²) in [5, 5.41) is 5.45. The second-order valence-electron chi connectivity index (χ2n) is 4.89. The molecule has 6 heteroatoms. The number of halogens is 2. The summed E-state index contributed by atoms with van der Waals surface area (Å²) in [4.78, 5) is 11.7. The fourth-order valence-corrected chi connectivity index (χ4v) is 2.08. The van der Waals surface area contributed by atoms with Crippen molar-refractivity contribution in [2.75, 3.05) is 25.1 Å². The van der Waals surface area contributed by atoms with Crippen LogP contribution in [0.4, 0.5) is 14.5 Å². The number of hydrogen-bond acceptors (Lipinski definition) is 3. The third-order valence-corrected chi connectivity index (χ3v) is 3.27.